The van der Waals surface area contributed by atoms with Gasteiger partial charge in [-0.05, 0) is 19.3 Å². The lowest BCUT2D eigenvalue weighted by molar-refractivity contribution is -0.143. The number of nitrogens with one attached hydrogen (secondary N) is 1. The number of aliphatic carboxylic acids is 1. The summed E-state index contributed by atoms with van der Waals surface area (Å²) < 4.78 is 22.9. The van der Waals surface area contributed by atoms with Gasteiger partial charge in [-0.25, -0.2) is 8.42 Å². The number of hydrogen-bond acceptors (Lipinski definition) is 4. The van der Waals surface area contributed by atoms with E-state index in [1.54, 1.807) is 0 Å². The maximum absolute atomic E-state index is 12.2. The van der Waals surface area contributed by atoms with E-state index in [9.17, 15) is 23.1 Å². The Morgan fingerprint density at radius 1 is 1.00 bits per heavy atom. The Balaban J connectivity index is 2.00. The molecule has 7 heteroatoms. The number of carboxylic acids is 1. The fourth-order valence-corrected chi connectivity index (χ4v) is 5.00. The molecule has 0 aromatic rings. The molecule has 1 saturated carbocycles. The largest absolute Gasteiger partial charge is 0.481 e. The smallest absolute Gasteiger partial charge is 0.308 e. The molecule has 1 aliphatic carbocycles. The van der Waals surface area contributed by atoms with Crippen LogP contribution < -0.4 is 5.32 Å². The van der Waals surface area contributed by atoms with E-state index in [0.717, 1.165) is 25.7 Å². The molecule has 3 atom stereocenters. The van der Waals surface area contributed by atoms with Crippen molar-refractivity contribution >= 4 is 21.7 Å². The zero-order valence-corrected chi connectivity index (χ0v) is 12.9. The third kappa shape index (κ3) is 4.43. The Morgan fingerprint density at radius 3 is 2.24 bits per heavy atom. The number of carbonyl (C=O) groups excluding carboxylic acids is 1. The highest BCUT2D eigenvalue weighted by Gasteiger charge is 2.36. The normalized spacial score (nSPS) is 32.9. The second kappa shape index (κ2) is 6.77. The molecule has 120 valence electrons. The van der Waals surface area contributed by atoms with Gasteiger partial charge in [0, 0.05) is 6.04 Å². The molecule has 1 aliphatic heterocycles. The van der Waals surface area contributed by atoms with Crippen LogP contribution in [-0.2, 0) is 19.4 Å². The Morgan fingerprint density at radius 2 is 1.67 bits per heavy atom. The van der Waals surface area contributed by atoms with E-state index in [-0.39, 0.29) is 23.5 Å². The first-order valence-corrected chi connectivity index (χ1v) is 9.45. The first kappa shape index (κ1) is 16.3. The van der Waals surface area contributed by atoms with Gasteiger partial charge in [0.2, 0.25) is 5.91 Å². The summed E-state index contributed by atoms with van der Waals surface area (Å²) in [5, 5.41) is 12.2. The highest BCUT2D eigenvalue weighted by atomic mass is 32.2. The van der Waals surface area contributed by atoms with Gasteiger partial charge in [0.25, 0.3) is 0 Å². The number of carbonyl (C=O) groups is 2. The third-order valence-electron chi connectivity index (χ3n) is 4.51. The van der Waals surface area contributed by atoms with Crippen molar-refractivity contribution < 1.29 is 23.1 Å². The van der Waals surface area contributed by atoms with Crippen molar-refractivity contribution in [1.82, 2.24) is 5.32 Å². The van der Waals surface area contributed by atoms with Gasteiger partial charge in [-0.1, -0.05) is 25.7 Å². The van der Waals surface area contributed by atoms with Crippen molar-refractivity contribution in [3.8, 4) is 0 Å². The lowest BCUT2D eigenvalue weighted by Crippen LogP contribution is -2.46. The average molecular weight is 317 g/mol. The van der Waals surface area contributed by atoms with Crippen LogP contribution >= 0.6 is 0 Å². The summed E-state index contributed by atoms with van der Waals surface area (Å²) in [6, 6.07) is -0.376. The van der Waals surface area contributed by atoms with Crippen molar-refractivity contribution in [2.24, 2.45) is 11.8 Å². The molecule has 2 fully saturated rings. The molecular weight excluding hydrogens is 294 g/mol. The van der Waals surface area contributed by atoms with E-state index in [1.165, 1.54) is 0 Å². The van der Waals surface area contributed by atoms with Crippen molar-refractivity contribution in [2.45, 2.75) is 51.0 Å². The standard InChI is InChI=1S/C14H23NO5S/c16-13(10-7-8-21(19,20)9-10)15-12-6-4-2-1-3-5-11(12)14(17)18/h10-12H,1-9H2,(H,15,16)(H,17,18). The molecule has 0 spiro atoms. The van der Waals surface area contributed by atoms with E-state index in [1.807, 2.05) is 0 Å². The topological polar surface area (TPSA) is 101 Å². The van der Waals surface area contributed by atoms with E-state index in [0.29, 0.717) is 19.3 Å². The Kier molecular flexibility index (Phi) is 5.24. The SMILES string of the molecule is O=C(NC1CCCCCCC1C(=O)O)C1CCS(=O)(=O)C1. The minimum Gasteiger partial charge on any atom is -0.481 e. The molecule has 3 unspecified atom stereocenters. The minimum atomic E-state index is -3.10. The molecule has 0 radical (unpaired) electrons. The summed E-state index contributed by atoms with van der Waals surface area (Å²) in [5.74, 6) is -2.31. The zero-order chi connectivity index (χ0) is 15.5. The fourth-order valence-electron chi connectivity index (χ4n) is 3.26. The summed E-state index contributed by atoms with van der Waals surface area (Å²) in [4.78, 5) is 23.6. The van der Waals surface area contributed by atoms with Crippen LogP contribution in [0.1, 0.15) is 44.9 Å². The Labute approximate surface area is 125 Å². The summed E-state index contributed by atoms with van der Waals surface area (Å²) in [6.07, 6.45) is 5.42. The number of amides is 1. The Hall–Kier alpha value is -1.11. The van der Waals surface area contributed by atoms with E-state index in [2.05, 4.69) is 5.32 Å². The second-order valence-corrected chi connectivity index (χ2v) is 8.38. The molecule has 0 aromatic carbocycles. The van der Waals surface area contributed by atoms with Crippen LogP contribution in [0.25, 0.3) is 0 Å². The summed E-state index contributed by atoms with van der Waals surface area (Å²) in [6.45, 7) is 0. The first-order chi connectivity index (χ1) is 9.89. The van der Waals surface area contributed by atoms with Gasteiger partial charge in [0.1, 0.15) is 0 Å². The van der Waals surface area contributed by atoms with E-state index in [4.69, 9.17) is 0 Å². The van der Waals surface area contributed by atoms with Crippen LogP contribution in [0.15, 0.2) is 0 Å². The number of hydrogen-bond donors (Lipinski definition) is 2. The molecule has 2 rings (SSSR count). The van der Waals surface area contributed by atoms with Gasteiger partial charge in [-0.15, -0.1) is 0 Å². The van der Waals surface area contributed by atoms with E-state index < -0.39 is 27.6 Å². The Bertz CT molecular complexity index is 501. The molecule has 0 aromatic heterocycles. The first-order valence-electron chi connectivity index (χ1n) is 7.62. The highest BCUT2D eigenvalue weighted by molar-refractivity contribution is 7.91. The van der Waals surface area contributed by atoms with E-state index >= 15 is 0 Å². The van der Waals surface area contributed by atoms with Gasteiger partial charge in [0.15, 0.2) is 9.84 Å². The van der Waals surface area contributed by atoms with Crippen LogP contribution in [0.5, 0.6) is 0 Å². The van der Waals surface area contributed by atoms with Crippen LogP contribution in [0.2, 0.25) is 0 Å². The summed E-state index contributed by atoms with van der Waals surface area (Å²) >= 11 is 0. The number of carboxylic acid groups (broad SMARTS) is 1. The van der Waals surface area contributed by atoms with Crippen molar-refractivity contribution in [3.05, 3.63) is 0 Å². The second-order valence-electron chi connectivity index (χ2n) is 6.15. The molecular formula is C14H23NO5S. The predicted octanol–water partition coefficient (Wildman–Crippen LogP) is 0.961. The quantitative estimate of drug-likeness (QED) is 0.807. The monoisotopic (exact) mass is 317 g/mol. The maximum Gasteiger partial charge on any atom is 0.308 e. The molecule has 1 saturated heterocycles. The van der Waals surface area contributed by atoms with Gasteiger partial charge < -0.3 is 10.4 Å². The van der Waals surface area contributed by atoms with Crippen LogP contribution in [0, 0.1) is 11.8 Å². The maximum atomic E-state index is 12.2. The van der Waals surface area contributed by atoms with Crippen LogP contribution in [-0.4, -0.2) is 42.9 Å². The van der Waals surface area contributed by atoms with Gasteiger partial charge >= 0.3 is 5.97 Å². The number of rotatable bonds is 3. The van der Waals surface area contributed by atoms with Gasteiger partial charge in [0.05, 0.1) is 23.3 Å². The van der Waals surface area contributed by atoms with Crippen LogP contribution in [0.3, 0.4) is 0 Å². The average Bonchev–Trinajstić information content (AvgIpc) is 2.72. The molecule has 1 heterocycles. The third-order valence-corrected chi connectivity index (χ3v) is 6.28. The molecule has 1 amide bonds. The number of sulfone groups is 1. The molecule has 2 aliphatic rings. The molecule has 2 N–H and O–H groups in total. The molecule has 6 nitrogen and oxygen atoms in total. The van der Waals surface area contributed by atoms with Crippen molar-refractivity contribution in [1.29, 1.82) is 0 Å². The zero-order valence-electron chi connectivity index (χ0n) is 12.1. The fraction of sp³-hybridized carbons (Fsp3) is 0.857. The summed E-state index contributed by atoms with van der Waals surface area (Å²) in [5.41, 5.74) is 0. The lowest BCUT2D eigenvalue weighted by Gasteiger charge is -2.28. The lowest BCUT2D eigenvalue weighted by atomic mass is 9.86. The molecule has 0 bridgehead atoms. The van der Waals surface area contributed by atoms with Gasteiger partial charge in [-0.2, -0.15) is 0 Å². The highest BCUT2D eigenvalue weighted by Crippen LogP contribution is 2.25. The predicted molar refractivity (Wildman–Crippen MR) is 77.5 cm³/mol. The molecule has 21 heavy (non-hydrogen) atoms. The summed E-state index contributed by atoms with van der Waals surface area (Å²) in [7, 11) is -3.10. The minimum absolute atomic E-state index is 0.0537. The van der Waals surface area contributed by atoms with Gasteiger partial charge in [-0.3, -0.25) is 9.59 Å². The van der Waals surface area contributed by atoms with Crippen molar-refractivity contribution in [2.75, 3.05) is 11.5 Å². The van der Waals surface area contributed by atoms with Crippen molar-refractivity contribution in [3.63, 3.8) is 0 Å². The van der Waals surface area contributed by atoms with Crippen LogP contribution in [0.4, 0.5) is 0 Å².